The molecular weight excluding hydrogens is 314 g/mol. The van der Waals surface area contributed by atoms with Gasteiger partial charge in [0.2, 0.25) is 0 Å². The lowest BCUT2D eigenvalue weighted by atomic mass is 9.93. The first-order chi connectivity index (χ1) is 11.0. The van der Waals surface area contributed by atoms with Crippen LogP contribution in [0.2, 0.25) is 0 Å². The van der Waals surface area contributed by atoms with Crippen LogP contribution in [0.1, 0.15) is 19.4 Å². The van der Waals surface area contributed by atoms with Crippen molar-refractivity contribution < 1.29 is 14.3 Å². The summed E-state index contributed by atoms with van der Waals surface area (Å²) in [6.07, 6.45) is -0.914. The van der Waals surface area contributed by atoms with E-state index in [-0.39, 0.29) is 24.0 Å². The van der Waals surface area contributed by atoms with Crippen molar-refractivity contribution in [3.05, 3.63) is 35.9 Å². The molecule has 1 fully saturated rings. The van der Waals surface area contributed by atoms with E-state index in [2.05, 4.69) is 16.2 Å². The van der Waals surface area contributed by atoms with Gasteiger partial charge in [0.1, 0.15) is 6.10 Å². The number of rotatable bonds is 4. The topological polar surface area (TPSA) is 71.6 Å². The molecule has 0 aromatic heterocycles. The fourth-order valence-electron chi connectivity index (χ4n) is 2.50. The number of hydrazine groups is 1. The van der Waals surface area contributed by atoms with Crippen LogP contribution in [0.15, 0.2) is 30.3 Å². The van der Waals surface area contributed by atoms with Gasteiger partial charge in [-0.25, -0.2) is 0 Å². The van der Waals surface area contributed by atoms with Gasteiger partial charge in [-0.3, -0.25) is 15.6 Å². The number of ether oxygens (including phenoxy) is 2. The number of amides is 1. The van der Waals surface area contributed by atoms with E-state index in [0.717, 1.165) is 5.56 Å². The maximum Gasteiger partial charge on any atom is 0.267 e. The number of benzene rings is 1. The molecule has 2 rings (SSSR count). The van der Waals surface area contributed by atoms with Crippen LogP contribution in [0, 0.1) is 11.8 Å². The Morgan fingerprint density at radius 1 is 1.22 bits per heavy atom. The fourth-order valence-corrected chi connectivity index (χ4v) is 2.62. The highest BCUT2D eigenvalue weighted by Gasteiger charge is 2.43. The molecule has 0 radical (unpaired) electrons. The maximum absolute atomic E-state index is 12.2. The summed E-state index contributed by atoms with van der Waals surface area (Å²) >= 11 is 5.14. The van der Waals surface area contributed by atoms with Gasteiger partial charge in [0.25, 0.3) is 5.91 Å². The third kappa shape index (κ3) is 4.63. The first-order valence-electron chi connectivity index (χ1n) is 7.58. The molecule has 0 saturated carbocycles. The summed E-state index contributed by atoms with van der Waals surface area (Å²) in [4.78, 5) is 12.2. The van der Waals surface area contributed by atoms with E-state index in [9.17, 15) is 4.79 Å². The molecular formula is C16H23N3O3S. The molecule has 1 unspecified atom stereocenters. The number of methoxy groups -OCH3 is 1. The zero-order valence-corrected chi connectivity index (χ0v) is 14.4. The molecule has 0 aliphatic carbocycles. The monoisotopic (exact) mass is 337 g/mol. The first kappa shape index (κ1) is 17.7. The minimum Gasteiger partial charge on any atom is -0.357 e. The van der Waals surface area contributed by atoms with Gasteiger partial charge < -0.3 is 14.8 Å². The zero-order chi connectivity index (χ0) is 16.8. The Morgan fingerprint density at radius 3 is 2.52 bits per heavy atom. The summed E-state index contributed by atoms with van der Waals surface area (Å²) < 4.78 is 10.8. The van der Waals surface area contributed by atoms with Crippen molar-refractivity contribution in [3.63, 3.8) is 0 Å². The van der Waals surface area contributed by atoms with Crippen molar-refractivity contribution in [2.45, 2.75) is 32.8 Å². The molecule has 4 atom stereocenters. The van der Waals surface area contributed by atoms with Gasteiger partial charge in [0, 0.05) is 19.6 Å². The van der Waals surface area contributed by atoms with Crippen molar-refractivity contribution in [3.8, 4) is 0 Å². The van der Waals surface area contributed by atoms with Crippen LogP contribution in [0.3, 0.4) is 0 Å². The average molecular weight is 337 g/mol. The molecule has 23 heavy (non-hydrogen) atoms. The molecule has 1 amide bonds. The number of carbonyl (C=O) groups excluding carboxylic acids is 1. The molecule has 0 bridgehead atoms. The second kappa shape index (κ2) is 8.24. The first-order valence-corrected chi connectivity index (χ1v) is 7.99. The molecule has 1 saturated heterocycles. The minimum absolute atomic E-state index is 0.0626. The molecule has 1 aromatic carbocycles. The highest BCUT2D eigenvalue weighted by molar-refractivity contribution is 7.80. The highest BCUT2D eigenvalue weighted by Crippen LogP contribution is 2.32. The smallest absolute Gasteiger partial charge is 0.267 e. The normalized spacial score (nSPS) is 26.6. The number of hydrogen-bond acceptors (Lipinski definition) is 4. The lowest BCUT2D eigenvalue weighted by Crippen LogP contribution is -2.50. The zero-order valence-electron chi connectivity index (χ0n) is 13.5. The second-order valence-electron chi connectivity index (χ2n) is 5.66. The minimum atomic E-state index is -0.556. The number of hydrogen-bond donors (Lipinski definition) is 3. The molecule has 1 aliphatic rings. The third-order valence-electron chi connectivity index (χ3n) is 4.10. The Balaban J connectivity index is 1.75. The number of carbonyl (C=O) groups is 1. The lowest BCUT2D eigenvalue weighted by Gasteiger charge is -2.17. The van der Waals surface area contributed by atoms with Crippen LogP contribution in [0.4, 0.5) is 0 Å². The van der Waals surface area contributed by atoms with Gasteiger partial charge in [-0.15, -0.1) is 0 Å². The van der Waals surface area contributed by atoms with Crippen LogP contribution in [-0.2, 0) is 20.8 Å². The predicted octanol–water partition coefficient (Wildman–Crippen LogP) is 1.33. The van der Waals surface area contributed by atoms with Gasteiger partial charge in [-0.2, -0.15) is 0 Å². The molecule has 126 valence electrons. The van der Waals surface area contributed by atoms with E-state index in [1.54, 1.807) is 7.11 Å². The Labute approximate surface area is 141 Å². The van der Waals surface area contributed by atoms with Crippen molar-refractivity contribution in [2.75, 3.05) is 7.11 Å². The molecule has 1 aliphatic heterocycles. The second-order valence-corrected chi connectivity index (χ2v) is 6.07. The molecule has 1 aromatic rings. The van der Waals surface area contributed by atoms with E-state index >= 15 is 0 Å². The summed E-state index contributed by atoms with van der Waals surface area (Å²) in [5.41, 5.74) is 6.38. The van der Waals surface area contributed by atoms with Crippen LogP contribution in [0.5, 0.6) is 0 Å². The molecule has 7 heteroatoms. The van der Waals surface area contributed by atoms with Gasteiger partial charge >= 0.3 is 0 Å². The van der Waals surface area contributed by atoms with Crippen molar-refractivity contribution in [1.29, 1.82) is 0 Å². The summed E-state index contributed by atoms with van der Waals surface area (Å²) in [7, 11) is 1.58. The van der Waals surface area contributed by atoms with E-state index < -0.39 is 6.10 Å². The molecule has 6 nitrogen and oxygen atoms in total. The number of thiocarbonyl (C=S) groups is 1. The summed E-state index contributed by atoms with van der Waals surface area (Å²) in [5.74, 6) is -0.0423. The Morgan fingerprint density at radius 2 is 1.91 bits per heavy atom. The van der Waals surface area contributed by atoms with E-state index in [1.807, 2.05) is 44.2 Å². The average Bonchev–Trinajstić information content (AvgIpc) is 2.87. The van der Waals surface area contributed by atoms with Crippen LogP contribution in [-0.4, -0.2) is 30.5 Å². The van der Waals surface area contributed by atoms with Crippen molar-refractivity contribution in [2.24, 2.45) is 11.8 Å². The van der Waals surface area contributed by atoms with Gasteiger partial charge in [0.05, 0.1) is 0 Å². The molecule has 0 spiro atoms. The highest BCUT2D eigenvalue weighted by atomic mass is 32.1. The van der Waals surface area contributed by atoms with Crippen molar-refractivity contribution in [1.82, 2.24) is 16.2 Å². The summed E-state index contributed by atoms with van der Waals surface area (Å²) in [6, 6.07) is 9.86. The predicted molar refractivity (Wildman–Crippen MR) is 91.2 cm³/mol. The Kier molecular flexibility index (Phi) is 6.32. The van der Waals surface area contributed by atoms with E-state index in [1.165, 1.54) is 0 Å². The van der Waals surface area contributed by atoms with Gasteiger partial charge in [-0.1, -0.05) is 44.2 Å². The quantitative estimate of drug-likeness (QED) is 0.569. The van der Waals surface area contributed by atoms with E-state index in [0.29, 0.717) is 11.7 Å². The summed E-state index contributed by atoms with van der Waals surface area (Å²) in [5, 5.41) is 3.38. The summed E-state index contributed by atoms with van der Waals surface area (Å²) in [6.45, 7) is 4.56. The molecule has 1 heterocycles. The van der Waals surface area contributed by atoms with Gasteiger partial charge in [0.15, 0.2) is 11.4 Å². The Hall–Kier alpha value is -1.70. The maximum atomic E-state index is 12.2. The fraction of sp³-hybridized carbons (Fsp3) is 0.500. The largest absolute Gasteiger partial charge is 0.357 e. The van der Waals surface area contributed by atoms with Gasteiger partial charge in [-0.05, 0) is 23.7 Å². The standard InChI is InChI=1S/C16H23N3O3S/c1-10-11(2)15(21-3)22-13(10)14(20)18-19-16(23)17-9-12-7-5-4-6-8-12/h4-8,10-11,13,15H,9H2,1-3H3,(H,18,20)(H2,17,19,23)/t10-,11+,13-,15?/m0/s1. The SMILES string of the molecule is COC1O[C@H](C(=O)NNC(=S)NCc2ccccc2)[C@@H](C)[C@H]1C. The van der Waals surface area contributed by atoms with Crippen LogP contribution < -0.4 is 16.2 Å². The Bertz CT molecular complexity index is 541. The van der Waals surface area contributed by atoms with Crippen LogP contribution in [0.25, 0.3) is 0 Å². The number of nitrogens with one attached hydrogen (secondary N) is 3. The lowest BCUT2D eigenvalue weighted by molar-refractivity contribution is -0.153. The molecule has 3 N–H and O–H groups in total. The third-order valence-corrected chi connectivity index (χ3v) is 4.35. The van der Waals surface area contributed by atoms with Crippen LogP contribution >= 0.6 is 12.2 Å². The van der Waals surface area contributed by atoms with E-state index in [4.69, 9.17) is 21.7 Å². The van der Waals surface area contributed by atoms with Crippen molar-refractivity contribution >= 4 is 23.2 Å².